The van der Waals surface area contributed by atoms with Crippen LogP contribution in [0.15, 0.2) is 114 Å². The average molecular weight is 589 g/mol. The van der Waals surface area contributed by atoms with Gasteiger partial charge in [-0.2, -0.15) is 0 Å². The molecule has 0 bridgehead atoms. The number of benzene rings is 5. The molecule has 0 fully saturated rings. The van der Waals surface area contributed by atoms with Gasteiger partial charge in [-0.25, -0.2) is 0 Å². The Labute approximate surface area is 264 Å². The first-order valence-corrected chi connectivity index (χ1v) is 15.5. The number of amides is 2. The molecule has 2 aliphatic heterocycles. The Balaban J connectivity index is 1.49. The molecule has 0 aromatic heterocycles. The normalized spacial score (nSPS) is 14.8. The van der Waals surface area contributed by atoms with Gasteiger partial charge in [0, 0.05) is 5.56 Å². The number of hydrogen-bond acceptors (Lipinski definition) is 2. The van der Waals surface area contributed by atoms with E-state index in [4.69, 9.17) is 0 Å². The molecule has 45 heavy (non-hydrogen) atoms. The molecule has 0 unspecified atom stereocenters. The van der Waals surface area contributed by atoms with Gasteiger partial charge in [0.25, 0.3) is 11.8 Å². The summed E-state index contributed by atoms with van der Waals surface area (Å²) < 4.78 is 0. The Morgan fingerprint density at radius 1 is 0.489 bits per heavy atom. The van der Waals surface area contributed by atoms with Crippen LogP contribution in [0.5, 0.6) is 0 Å². The molecule has 5 aromatic carbocycles. The fourth-order valence-electron chi connectivity index (χ4n) is 7.11. The van der Waals surface area contributed by atoms with Gasteiger partial charge in [-0.15, -0.1) is 0 Å². The highest BCUT2D eigenvalue weighted by Crippen LogP contribution is 2.48. The van der Waals surface area contributed by atoms with Crippen molar-refractivity contribution in [3.63, 3.8) is 0 Å². The third kappa shape index (κ3) is 5.06. The summed E-state index contributed by atoms with van der Waals surface area (Å²) in [6.07, 6.45) is 0. The zero-order valence-electron chi connectivity index (χ0n) is 26.4. The fraction of sp³-hybridized carbons (Fsp3) is 0.171. The van der Waals surface area contributed by atoms with Crippen LogP contribution in [0.25, 0.3) is 22.2 Å². The molecule has 2 heterocycles. The van der Waals surface area contributed by atoms with Crippen LogP contribution in [0.3, 0.4) is 0 Å². The van der Waals surface area contributed by atoms with Gasteiger partial charge in [-0.05, 0) is 62.1 Å². The Morgan fingerprint density at radius 3 is 1.56 bits per heavy atom. The lowest BCUT2D eigenvalue weighted by molar-refractivity contribution is -0.124. The van der Waals surface area contributed by atoms with Crippen molar-refractivity contribution >= 4 is 34.0 Å². The summed E-state index contributed by atoms with van der Waals surface area (Å²) in [5.74, 6) is -0.280. The maximum absolute atomic E-state index is 14.8. The first-order valence-electron chi connectivity index (χ1n) is 15.5. The van der Waals surface area contributed by atoms with Crippen molar-refractivity contribution in [1.29, 1.82) is 0 Å². The first kappa shape index (κ1) is 28.5. The monoisotopic (exact) mass is 588 g/mol. The van der Waals surface area contributed by atoms with Crippen molar-refractivity contribution in [2.24, 2.45) is 0 Å². The minimum absolute atomic E-state index is 0.140. The van der Waals surface area contributed by atoms with E-state index in [1.165, 1.54) is 0 Å². The fourth-order valence-corrected chi connectivity index (χ4v) is 7.11. The second-order valence-corrected chi connectivity index (χ2v) is 12.6. The molecule has 2 amide bonds. The largest absolute Gasteiger partial charge is 0.302 e. The van der Waals surface area contributed by atoms with Crippen molar-refractivity contribution in [2.75, 3.05) is 0 Å². The standard InChI is InChI=1S/C41H36N2O2/c1-25-13-15-33(16-14-25)38-36-37(41(45)42(38)23-30-19-26(2)17-27(3)20-30)39(35-12-8-10-32-9-6-7-11-34(32)35)43(40(36)44)24-31-21-28(4)18-29(5)22-31/h6-22H,23-24H2,1-5H3. The van der Waals surface area contributed by atoms with Gasteiger partial charge in [-0.1, -0.05) is 131 Å². The number of aryl methyl sites for hydroxylation is 5. The molecule has 0 saturated heterocycles. The quantitative estimate of drug-likeness (QED) is 0.199. The zero-order valence-corrected chi connectivity index (χ0v) is 26.4. The topological polar surface area (TPSA) is 40.6 Å². The molecule has 0 atom stereocenters. The smallest absolute Gasteiger partial charge is 0.261 e. The van der Waals surface area contributed by atoms with Gasteiger partial charge >= 0.3 is 0 Å². The summed E-state index contributed by atoms with van der Waals surface area (Å²) in [6, 6.07) is 35.2. The number of carbonyl (C=O) groups is 2. The van der Waals surface area contributed by atoms with Crippen molar-refractivity contribution in [3.05, 3.63) is 164 Å². The number of fused-ring (bicyclic) bond motifs is 2. The Bertz CT molecular complexity index is 2050. The minimum atomic E-state index is -0.140. The second-order valence-electron chi connectivity index (χ2n) is 12.6. The lowest BCUT2D eigenvalue weighted by Gasteiger charge is -2.26. The van der Waals surface area contributed by atoms with Crippen LogP contribution in [0.2, 0.25) is 0 Å². The van der Waals surface area contributed by atoms with Gasteiger partial charge in [0.2, 0.25) is 0 Å². The molecule has 2 aliphatic rings. The summed E-state index contributed by atoms with van der Waals surface area (Å²) in [4.78, 5) is 33.3. The van der Waals surface area contributed by atoms with Crippen LogP contribution in [0.4, 0.5) is 0 Å². The van der Waals surface area contributed by atoms with Gasteiger partial charge in [0.05, 0.1) is 35.6 Å². The molecule has 0 spiro atoms. The summed E-state index contributed by atoms with van der Waals surface area (Å²) in [5.41, 5.74) is 11.9. The van der Waals surface area contributed by atoms with Gasteiger partial charge in [-0.3, -0.25) is 9.59 Å². The van der Waals surface area contributed by atoms with E-state index >= 15 is 0 Å². The summed E-state index contributed by atoms with van der Waals surface area (Å²) in [7, 11) is 0. The van der Waals surface area contributed by atoms with Crippen LogP contribution < -0.4 is 0 Å². The van der Waals surface area contributed by atoms with Crippen LogP contribution in [-0.4, -0.2) is 21.6 Å². The highest BCUT2D eigenvalue weighted by molar-refractivity contribution is 6.31. The minimum Gasteiger partial charge on any atom is -0.302 e. The molecular weight excluding hydrogens is 552 g/mol. The molecule has 4 nitrogen and oxygen atoms in total. The molecule has 0 N–H and O–H groups in total. The van der Waals surface area contributed by atoms with Crippen molar-refractivity contribution in [2.45, 2.75) is 47.7 Å². The zero-order chi connectivity index (χ0) is 31.4. The van der Waals surface area contributed by atoms with E-state index in [1.807, 2.05) is 65.3 Å². The predicted molar refractivity (Wildman–Crippen MR) is 182 cm³/mol. The number of nitrogens with zero attached hydrogens (tertiary/aromatic N) is 2. The van der Waals surface area contributed by atoms with Gasteiger partial charge < -0.3 is 9.80 Å². The van der Waals surface area contributed by atoms with E-state index in [-0.39, 0.29) is 11.8 Å². The lowest BCUT2D eigenvalue weighted by atomic mass is 9.97. The van der Waals surface area contributed by atoms with Crippen LogP contribution in [0.1, 0.15) is 50.1 Å². The van der Waals surface area contributed by atoms with Crippen LogP contribution in [0, 0.1) is 34.6 Å². The predicted octanol–water partition coefficient (Wildman–Crippen LogP) is 8.59. The number of rotatable bonds is 6. The van der Waals surface area contributed by atoms with E-state index in [0.717, 1.165) is 60.8 Å². The molecular formula is C41H36N2O2. The van der Waals surface area contributed by atoms with Crippen LogP contribution >= 0.6 is 0 Å². The number of hydrogen-bond donors (Lipinski definition) is 0. The van der Waals surface area contributed by atoms with Gasteiger partial charge in [0.1, 0.15) is 0 Å². The summed E-state index contributed by atoms with van der Waals surface area (Å²) in [5, 5.41) is 2.08. The Kier molecular flexibility index (Phi) is 7.01. The Hall–Kier alpha value is -5.22. The van der Waals surface area contributed by atoms with E-state index in [2.05, 4.69) is 82.3 Å². The van der Waals surface area contributed by atoms with Crippen molar-refractivity contribution in [3.8, 4) is 0 Å². The first-order chi connectivity index (χ1) is 21.7. The van der Waals surface area contributed by atoms with Crippen molar-refractivity contribution < 1.29 is 9.59 Å². The molecule has 0 saturated carbocycles. The average Bonchev–Trinajstić information content (AvgIpc) is 3.42. The van der Waals surface area contributed by atoms with E-state index in [1.54, 1.807) is 0 Å². The maximum Gasteiger partial charge on any atom is 0.261 e. The highest BCUT2D eigenvalue weighted by atomic mass is 16.2. The van der Waals surface area contributed by atoms with E-state index in [9.17, 15) is 9.59 Å². The molecule has 5 aromatic rings. The Morgan fingerprint density at radius 2 is 0.978 bits per heavy atom. The molecule has 222 valence electrons. The highest BCUT2D eigenvalue weighted by Gasteiger charge is 2.49. The van der Waals surface area contributed by atoms with E-state index < -0.39 is 0 Å². The third-order valence-electron chi connectivity index (χ3n) is 8.80. The summed E-state index contributed by atoms with van der Waals surface area (Å²) in [6.45, 7) is 11.1. The summed E-state index contributed by atoms with van der Waals surface area (Å²) >= 11 is 0. The van der Waals surface area contributed by atoms with E-state index in [0.29, 0.717) is 35.6 Å². The van der Waals surface area contributed by atoms with Crippen LogP contribution in [-0.2, 0) is 22.7 Å². The molecule has 0 aliphatic carbocycles. The van der Waals surface area contributed by atoms with Crippen molar-refractivity contribution in [1.82, 2.24) is 9.80 Å². The SMILES string of the molecule is Cc1ccc(C2=C3C(=O)N(Cc4cc(C)cc(C)c4)C(c4cccc5ccccc45)=C3C(=O)N2Cc2cc(C)cc(C)c2)cc1. The molecule has 7 rings (SSSR count). The molecule has 0 radical (unpaired) electrons. The van der Waals surface area contributed by atoms with Gasteiger partial charge in [0.15, 0.2) is 0 Å². The third-order valence-corrected chi connectivity index (χ3v) is 8.80. The second kappa shape index (κ2) is 11.0. The maximum atomic E-state index is 14.8. The lowest BCUT2D eigenvalue weighted by Crippen LogP contribution is -2.29. The number of carbonyl (C=O) groups excluding carboxylic acids is 2. The molecule has 4 heteroatoms.